The van der Waals surface area contributed by atoms with Crippen molar-refractivity contribution in [1.29, 1.82) is 0 Å². The summed E-state index contributed by atoms with van der Waals surface area (Å²) in [6.45, 7) is 3.83. The third-order valence-electron chi connectivity index (χ3n) is 2.34. The highest BCUT2D eigenvalue weighted by Gasteiger charge is 2.17. The fraction of sp³-hybridized carbons (Fsp3) is 0.400. The van der Waals surface area contributed by atoms with E-state index in [1.54, 1.807) is 6.07 Å². The normalized spacial score (nSPS) is 11.7. The van der Waals surface area contributed by atoms with Crippen LogP contribution in [0.3, 0.4) is 0 Å². The number of nitrogens with two attached hydrogens (primary N) is 1. The Bertz CT molecular complexity index is 469. The zero-order valence-electron chi connectivity index (χ0n) is 8.75. The van der Waals surface area contributed by atoms with Gasteiger partial charge in [0, 0.05) is 5.02 Å². The minimum Gasteiger partial charge on any atom is -0.225 e. The lowest BCUT2D eigenvalue weighted by Gasteiger charge is -2.12. The van der Waals surface area contributed by atoms with Crippen LogP contribution in [0.15, 0.2) is 17.0 Å². The van der Waals surface area contributed by atoms with Crippen LogP contribution in [0.1, 0.15) is 25.0 Å². The summed E-state index contributed by atoms with van der Waals surface area (Å²) in [5.74, 6) is 0. The lowest BCUT2D eigenvalue weighted by Crippen LogP contribution is -2.15. The van der Waals surface area contributed by atoms with Crippen molar-refractivity contribution in [3.63, 3.8) is 0 Å². The van der Waals surface area contributed by atoms with Crippen LogP contribution in [0.5, 0.6) is 0 Å². The molecule has 1 aromatic rings. The van der Waals surface area contributed by atoms with Gasteiger partial charge in [-0.1, -0.05) is 25.4 Å². The summed E-state index contributed by atoms with van der Waals surface area (Å²) >= 11 is 5.99. The number of primary sulfonamides is 1. The van der Waals surface area contributed by atoms with Crippen LogP contribution in [0.2, 0.25) is 5.02 Å². The maximum atomic E-state index is 11.3. The molecule has 0 atom stereocenters. The Morgan fingerprint density at radius 1 is 1.20 bits per heavy atom. The van der Waals surface area contributed by atoms with Crippen molar-refractivity contribution in [1.82, 2.24) is 0 Å². The predicted molar refractivity (Wildman–Crippen MR) is 61.6 cm³/mol. The van der Waals surface area contributed by atoms with Crippen LogP contribution >= 0.6 is 11.6 Å². The number of rotatable bonds is 3. The number of sulfonamides is 1. The van der Waals surface area contributed by atoms with E-state index in [9.17, 15) is 8.42 Å². The van der Waals surface area contributed by atoms with Gasteiger partial charge in [-0.3, -0.25) is 0 Å². The molecule has 5 heteroatoms. The van der Waals surface area contributed by atoms with Gasteiger partial charge in [0.05, 0.1) is 4.90 Å². The third kappa shape index (κ3) is 2.51. The minimum atomic E-state index is -3.65. The molecule has 0 fully saturated rings. The van der Waals surface area contributed by atoms with Crippen LogP contribution in [0.25, 0.3) is 0 Å². The highest BCUT2D eigenvalue weighted by Crippen LogP contribution is 2.26. The molecule has 1 rings (SSSR count). The van der Waals surface area contributed by atoms with Gasteiger partial charge in [-0.15, -0.1) is 0 Å². The Hall–Kier alpha value is -0.580. The maximum Gasteiger partial charge on any atom is 0.238 e. The summed E-state index contributed by atoms with van der Waals surface area (Å²) in [6, 6.07) is 3.05. The number of benzene rings is 1. The Morgan fingerprint density at radius 2 is 1.73 bits per heavy atom. The fourth-order valence-electron chi connectivity index (χ4n) is 1.68. The minimum absolute atomic E-state index is 0.186. The predicted octanol–water partition coefficient (Wildman–Crippen LogP) is 2.11. The van der Waals surface area contributed by atoms with Gasteiger partial charge in [-0.25, -0.2) is 13.6 Å². The topological polar surface area (TPSA) is 60.2 Å². The summed E-state index contributed by atoms with van der Waals surface area (Å²) < 4.78 is 22.7. The van der Waals surface area contributed by atoms with E-state index in [1.165, 1.54) is 6.07 Å². The van der Waals surface area contributed by atoms with Gasteiger partial charge in [-0.2, -0.15) is 0 Å². The van der Waals surface area contributed by atoms with Crippen molar-refractivity contribution in [2.24, 2.45) is 5.14 Å². The number of hydrogen-bond acceptors (Lipinski definition) is 2. The van der Waals surface area contributed by atoms with Gasteiger partial charge in [0.1, 0.15) is 0 Å². The number of halogens is 1. The molecule has 0 saturated carbocycles. The van der Waals surface area contributed by atoms with E-state index in [0.29, 0.717) is 17.9 Å². The summed E-state index contributed by atoms with van der Waals surface area (Å²) in [5.41, 5.74) is 1.60. The summed E-state index contributed by atoms with van der Waals surface area (Å²) in [5, 5.41) is 5.73. The van der Waals surface area contributed by atoms with Gasteiger partial charge in [0.25, 0.3) is 0 Å². The molecule has 15 heavy (non-hydrogen) atoms. The van der Waals surface area contributed by atoms with Crippen LogP contribution in [-0.4, -0.2) is 8.42 Å². The highest BCUT2D eigenvalue weighted by atomic mass is 35.5. The Kier molecular flexibility index (Phi) is 3.76. The molecular weight excluding hydrogens is 234 g/mol. The van der Waals surface area contributed by atoms with E-state index >= 15 is 0 Å². The van der Waals surface area contributed by atoms with Crippen molar-refractivity contribution in [3.8, 4) is 0 Å². The van der Waals surface area contributed by atoms with Crippen molar-refractivity contribution >= 4 is 21.6 Å². The zero-order valence-corrected chi connectivity index (χ0v) is 10.3. The van der Waals surface area contributed by atoms with E-state index < -0.39 is 10.0 Å². The largest absolute Gasteiger partial charge is 0.238 e. The first kappa shape index (κ1) is 12.5. The molecule has 0 unspecified atom stereocenters. The summed E-state index contributed by atoms with van der Waals surface area (Å²) in [4.78, 5) is 0.186. The lowest BCUT2D eigenvalue weighted by atomic mass is 10.0. The van der Waals surface area contributed by atoms with Gasteiger partial charge in [-0.05, 0) is 36.1 Å². The zero-order chi connectivity index (χ0) is 11.6. The monoisotopic (exact) mass is 247 g/mol. The molecule has 0 aromatic heterocycles. The molecule has 0 aliphatic heterocycles. The molecule has 3 nitrogen and oxygen atoms in total. The quantitative estimate of drug-likeness (QED) is 0.889. The van der Waals surface area contributed by atoms with Gasteiger partial charge in [0.15, 0.2) is 0 Å². The second kappa shape index (κ2) is 4.51. The molecule has 0 saturated heterocycles. The summed E-state index contributed by atoms with van der Waals surface area (Å²) in [6.07, 6.45) is 1.31. The average molecular weight is 248 g/mol. The van der Waals surface area contributed by atoms with Crippen LogP contribution in [0, 0.1) is 0 Å². The second-order valence-electron chi connectivity index (χ2n) is 3.25. The first-order chi connectivity index (χ1) is 6.91. The molecule has 0 radical (unpaired) electrons. The van der Waals surface area contributed by atoms with E-state index in [0.717, 1.165) is 11.1 Å². The first-order valence-electron chi connectivity index (χ1n) is 4.74. The molecule has 0 aliphatic rings. The van der Waals surface area contributed by atoms with Crippen LogP contribution in [-0.2, 0) is 22.9 Å². The van der Waals surface area contributed by atoms with Crippen LogP contribution in [0.4, 0.5) is 0 Å². The van der Waals surface area contributed by atoms with E-state index in [-0.39, 0.29) is 4.90 Å². The second-order valence-corrected chi connectivity index (χ2v) is 5.19. The van der Waals surface area contributed by atoms with E-state index in [4.69, 9.17) is 16.7 Å². The summed E-state index contributed by atoms with van der Waals surface area (Å²) in [7, 11) is -3.65. The Labute approximate surface area is 95.3 Å². The van der Waals surface area contributed by atoms with E-state index in [2.05, 4.69) is 0 Å². The maximum absolute atomic E-state index is 11.3. The van der Waals surface area contributed by atoms with Crippen molar-refractivity contribution < 1.29 is 8.42 Å². The first-order valence-corrected chi connectivity index (χ1v) is 6.67. The molecule has 84 valence electrons. The van der Waals surface area contributed by atoms with Crippen molar-refractivity contribution in [2.45, 2.75) is 31.6 Å². The standard InChI is InChI=1S/C10H14ClNO2S/c1-3-7-8(4-2)10(15(12,13)14)6-5-9(7)11/h5-6H,3-4H2,1-2H3,(H2,12,13,14). The molecule has 0 amide bonds. The van der Waals surface area contributed by atoms with Crippen molar-refractivity contribution in [3.05, 3.63) is 28.3 Å². The lowest BCUT2D eigenvalue weighted by molar-refractivity contribution is 0.596. The van der Waals surface area contributed by atoms with Crippen molar-refractivity contribution in [2.75, 3.05) is 0 Å². The smallest absolute Gasteiger partial charge is 0.225 e. The molecule has 0 heterocycles. The molecule has 1 aromatic carbocycles. The van der Waals surface area contributed by atoms with Gasteiger partial charge in [0.2, 0.25) is 10.0 Å². The highest BCUT2D eigenvalue weighted by molar-refractivity contribution is 7.89. The molecule has 2 N–H and O–H groups in total. The van der Waals surface area contributed by atoms with Gasteiger partial charge < -0.3 is 0 Å². The SMILES string of the molecule is CCc1c(Cl)ccc(S(N)(=O)=O)c1CC. The molecule has 0 spiro atoms. The van der Waals surface area contributed by atoms with Crippen LogP contribution < -0.4 is 5.14 Å². The average Bonchev–Trinajstić information content (AvgIpc) is 2.15. The Morgan fingerprint density at radius 3 is 2.13 bits per heavy atom. The molecule has 0 bridgehead atoms. The number of hydrogen-bond donors (Lipinski definition) is 1. The van der Waals surface area contributed by atoms with E-state index in [1.807, 2.05) is 13.8 Å². The third-order valence-corrected chi connectivity index (χ3v) is 3.69. The molecule has 0 aliphatic carbocycles. The fourth-order valence-corrected chi connectivity index (χ4v) is 2.86. The van der Waals surface area contributed by atoms with Gasteiger partial charge >= 0.3 is 0 Å². The Balaban J connectivity index is 3.57. The molecular formula is C10H14ClNO2S.